The zero-order valence-electron chi connectivity index (χ0n) is 15.1. The molecule has 0 saturated heterocycles. The van der Waals surface area contributed by atoms with Gasteiger partial charge in [-0.3, -0.25) is 14.4 Å². The maximum Gasteiger partial charge on any atom is 0.310 e. The van der Waals surface area contributed by atoms with Crippen molar-refractivity contribution in [2.45, 2.75) is 26.3 Å². The molecule has 0 amide bonds. The van der Waals surface area contributed by atoms with Gasteiger partial charge in [0.25, 0.3) is 0 Å². The van der Waals surface area contributed by atoms with E-state index < -0.39 is 0 Å². The van der Waals surface area contributed by atoms with Crippen molar-refractivity contribution in [1.82, 2.24) is 4.57 Å². The number of allylic oxidation sites excluding steroid dienone is 1. The lowest BCUT2D eigenvalue weighted by Crippen LogP contribution is -2.13. The maximum absolute atomic E-state index is 12.4. The van der Waals surface area contributed by atoms with Gasteiger partial charge in [-0.1, -0.05) is 66.8 Å². The van der Waals surface area contributed by atoms with Gasteiger partial charge in [-0.05, 0) is 30.0 Å². The third-order valence-corrected chi connectivity index (χ3v) is 5.71. The molecule has 1 aromatic heterocycles. The molecule has 1 N–H and O–H groups in total. The number of nitrogens with zero attached hydrogens (tertiary/aromatic N) is 2. The Bertz CT molecular complexity index is 1090. The third-order valence-electron chi connectivity index (χ3n) is 4.79. The lowest BCUT2D eigenvalue weighted by atomic mass is 10.0. The molecule has 4 rings (SSSR count). The van der Waals surface area contributed by atoms with Gasteiger partial charge in [0.05, 0.1) is 10.6 Å². The van der Waals surface area contributed by atoms with Crippen LogP contribution in [0.25, 0.3) is 11.6 Å². The molecule has 0 spiro atoms. The van der Waals surface area contributed by atoms with E-state index in [0.717, 1.165) is 40.1 Å². The van der Waals surface area contributed by atoms with Gasteiger partial charge < -0.3 is 5.11 Å². The molecule has 1 aliphatic heterocycles. The smallest absolute Gasteiger partial charge is 0.310 e. The van der Waals surface area contributed by atoms with E-state index in [-0.39, 0.29) is 10.8 Å². The number of fused-ring (bicyclic) bond motifs is 1. The summed E-state index contributed by atoms with van der Waals surface area (Å²) in [6.45, 7) is 2.57. The fourth-order valence-electron chi connectivity index (χ4n) is 3.31. The van der Waals surface area contributed by atoms with Crippen LogP contribution in [0.15, 0.2) is 58.3 Å². The van der Waals surface area contributed by atoms with E-state index in [4.69, 9.17) is 0 Å². The maximum atomic E-state index is 12.4. The molecular formula is C22H20N2O2S. The highest BCUT2D eigenvalue weighted by Crippen LogP contribution is 2.37. The second kappa shape index (κ2) is 7.37. The molecule has 3 aromatic rings. The van der Waals surface area contributed by atoms with Crippen molar-refractivity contribution >= 4 is 34.9 Å². The first kappa shape index (κ1) is 17.5. The molecule has 5 heteroatoms. The Labute approximate surface area is 161 Å². The van der Waals surface area contributed by atoms with Gasteiger partial charge in [0.2, 0.25) is 5.88 Å². The minimum Gasteiger partial charge on any atom is -0.493 e. The first-order valence-electron chi connectivity index (χ1n) is 9.02. The molecule has 0 aliphatic carbocycles. The fraction of sp³-hybridized carbons (Fsp3) is 0.182. The van der Waals surface area contributed by atoms with Crippen molar-refractivity contribution in [3.05, 3.63) is 79.8 Å². The molecule has 0 saturated carbocycles. The lowest BCUT2D eigenvalue weighted by molar-refractivity contribution is 0.412. The normalized spacial score (nSPS) is 14.0. The Morgan fingerprint density at radius 3 is 2.74 bits per heavy atom. The van der Waals surface area contributed by atoms with Gasteiger partial charge in [0.1, 0.15) is 0 Å². The van der Waals surface area contributed by atoms with Crippen LogP contribution in [0.3, 0.4) is 0 Å². The average Bonchev–Trinajstić information content (AvgIpc) is 3.22. The number of aliphatic imine (C=N–C) groups is 1. The van der Waals surface area contributed by atoms with Crippen molar-refractivity contribution in [3.63, 3.8) is 0 Å². The first-order chi connectivity index (χ1) is 13.2. The van der Waals surface area contributed by atoms with Crippen LogP contribution in [0.1, 0.15) is 28.5 Å². The molecule has 2 aromatic carbocycles. The molecule has 27 heavy (non-hydrogen) atoms. The van der Waals surface area contributed by atoms with Crippen LogP contribution in [0, 0.1) is 0 Å². The summed E-state index contributed by atoms with van der Waals surface area (Å²) in [4.78, 5) is 17.3. The Hall–Kier alpha value is -2.92. The predicted molar refractivity (Wildman–Crippen MR) is 112 cm³/mol. The SMILES string of the molecule is CCc1cccc2c1N=CC2=Cc1sc(=O)n(CCc2ccccc2)c1O. The van der Waals surface area contributed by atoms with Crippen LogP contribution in [0.2, 0.25) is 0 Å². The largest absolute Gasteiger partial charge is 0.493 e. The van der Waals surface area contributed by atoms with Crippen molar-refractivity contribution in [3.8, 4) is 5.88 Å². The van der Waals surface area contributed by atoms with E-state index in [1.165, 1.54) is 10.1 Å². The highest BCUT2D eigenvalue weighted by atomic mass is 32.1. The monoisotopic (exact) mass is 376 g/mol. The molecular weight excluding hydrogens is 356 g/mol. The Balaban J connectivity index is 1.63. The predicted octanol–water partition coefficient (Wildman–Crippen LogP) is 4.68. The molecule has 4 nitrogen and oxygen atoms in total. The van der Waals surface area contributed by atoms with Crippen molar-refractivity contribution in [1.29, 1.82) is 0 Å². The summed E-state index contributed by atoms with van der Waals surface area (Å²) in [6.07, 6.45) is 5.28. The summed E-state index contributed by atoms with van der Waals surface area (Å²) in [6, 6.07) is 16.1. The van der Waals surface area contributed by atoms with Gasteiger partial charge in [0, 0.05) is 23.9 Å². The number of aromatic nitrogens is 1. The summed E-state index contributed by atoms with van der Waals surface area (Å²) >= 11 is 1.07. The number of rotatable bonds is 5. The van der Waals surface area contributed by atoms with E-state index in [2.05, 4.69) is 18.0 Å². The van der Waals surface area contributed by atoms with Gasteiger partial charge >= 0.3 is 4.87 Å². The minimum atomic E-state index is -0.146. The zero-order chi connectivity index (χ0) is 18.8. The van der Waals surface area contributed by atoms with Gasteiger partial charge in [0.15, 0.2) is 0 Å². The topological polar surface area (TPSA) is 54.6 Å². The van der Waals surface area contributed by atoms with Crippen molar-refractivity contribution in [2.75, 3.05) is 0 Å². The number of hydrogen-bond donors (Lipinski definition) is 1. The van der Waals surface area contributed by atoms with Crippen LogP contribution in [-0.4, -0.2) is 15.9 Å². The standard InChI is InChI=1S/C22H20N2O2S/c1-2-16-9-6-10-18-17(14-23-20(16)18)13-19-21(25)24(22(26)27-19)12-11-15-7-4-3-5-8-15/h3-10,13-14,25H,2,11-12H2,1H3. The summed E-state index contributed by atoms with van der Waals surface area (Å²) in [5.41, 5.74) is 5.29. The fourth-order valence-corrected chi connectivity index (χ4v) is 4.18. The van der Waals surface area contributed by atoms with Gasteiger partial charge in [-0.25, -0.2) is 0 Å². The molecule has 0 bridgehead atoms. The van der Waals surface area contributed by atoms with Crippen LogP contribution in [0.5, 0.6) is 5.88 Å². The van der Waals surface area contributed by atoms with Gasteiger partial charge in [-0.2, -0.15) is 0 Å². The minimum absolute atomic E-state index is 0.0296. The van der Waals surface area contributed by atoms with Crippen LogP contribution >= 0.6 is 11.3 Å². The number of thiazole rings is 1. The quantitative estimate of drug-likeness (QED) is 0.703. The molecule has 136 valence electrons. The summed E-state index contributed by atoms with van der Waals surface area (Å²) in [7, 11) is 0. The Kier molecular flexibility index (Phi) is 4.77. The molecule has 0 radical (unpaired) electrons. The summed E-state index contributed by atoms with van der Waals surface area (Å²) < 4.78 is 1.44. The van der Waals surface area contributed by atoms with E-state index >= 15 is 0 Å². The van der Waals surface area contributed by atoms with Crippen LogP contribution < -0.4 is 4.87 Å². The zero-order valence-corrected chi connectivity index (χ0v) is 15.9. The summed E-state index contributed by atoms with van der Waals surface area (Å²) in [5.74, 6) is 0.0296. The first-order valence-corrected chi connectivity index (χ1v) is 9.83. The Morgan fingerprint density at radius 1 is 1.15 bits per heavy atom. The highest BCUT2D eigenvalue weighted by Gasteiger charge is 2.18. The van der Waals surface area contributed by atoms with Crippen LogP contribution in [0.4, 0.5) is 5.69 Å². The van der Waals surface area contributed by atoms with E-state index in [0.29, 0.717) is 17.8 Å². The Morgan fingerprint density at radius 2 is 1.96 bits per heavy atom. The number of para-hydroxylation sites is 1. The average molecular weight is 376 g/mol. The number of hydrogen-bond acceptors (Lipinski definition) is 4. The molecule has 1 aliphatic rings. The van der Waals surface area contributed by atoms with Crippen molar-refractivity contribution < 1.29 is 5.11 Å². The number of benzene rings is 2. The number of aryl methyl sites for hydroxylation is 2. The molecule has 2 heterocycles. The highest BCUT2D eigenvalue weighted by molar-refractivity contribution is 7.10. The molecule has 0 fully saturated rings. The van der Waals surface area contributed by atoms with E-state index in [1.54, 1.807) is 0 Å². The van der Waals surface area contributed by atoms with Crippen LogP contribution in [-0.2, 0) is 19.4 Å². The molecule has 0 unspecified atom stereocenters. The molecule has 0 atom stereocenters. The van der Waals surface area contributed by atoms with Gasteiger partial charge in [-0.15, -0.1) is 0 Å². The van der Waals surface area contributed by atoms with E-state index in [1.807, 2.05) is 54.8 Å². The second-order valence-corrected chi connectivity index (χ2v) is 7.46. The second-order valence-electron chi connectivity index (χ2n) is 6.47. The van der Waals surface area contributed by atoms with Crippen molar-refractivity contribution in [2.24, 2.45) is 4.99 Å². The van der Waals surface area contributed by atoms with E-state index in [9.17, 15) is 9.90 Å². The third kappa shape index (κ3) is 3.38. The number of aromatic hydroxyl groups is 1. The lowest BCUT2D eigenvalue weighted by Gasteiger charge is -2.05. The summed E-state index contributed by atoms with van der Waals surface area (Å²) in [5, 5.41) is 10.6.